The number of ether oxygens (including phenoxy) is 1. The third-order valence-corrected chi connectivity index (χ3v) is 1.79. The summed E-state index contributed by atoms with van der Waals surface area (Å²) >= 11 is 0. The standard InChI is InChI=1S/C14H16O/c1-11(2)8-9-13(4)15-14-7-5-6-12(3)10-14/h5-10H,1,4H2,2-3H3/b9-8-. The first-order valence-corrected chi connectivity index (χ1v) is 4.85. The van der Waals surface area contributed by atoms with E-state index in [0.29, 0.717) is 5.76 Å². The van der Waals surface area contributed by atoms with Crippen molar-refractivity contribution in [1.29, 1.82) is 0 Å². The van der Waals surface area contributed by atoms with E-state index in [1.165, 1.54) is 5.56 Å². The molecule has 1 rings (SSSR count). The lowest BCUT2D eigenvalue weighted by atomic mass is 10.2. The summed E-state index contributed by atoms with van der Waals surface area (Å²) in [4.78, 5) is 0. The number of allylic oxidation sites excluding steroid dienone is 3. The van der Waals surface area contributed by atoms with Crippen LogP contribution in [-0.4, -0.2) is 0 Å². The molecule has 0 fully saturated rings. The van der Waals surface area contributed by atoms with Crippen LogP contribution in [0, 0.1) is 6.92 Å². The topological polar surface area (TPSA) is 9.23 Å². The van der Waals surface area contributed by atoms with Crippen molar-refractivity contribution in [1.82, 2.24) is 0 Å². The van der Waals surface area contributed by atoms with Crippen LogP contribution in [0.3, 0.4) is 0 Å². The van der Waals surface area contributed by atoms with Gasteiger partial charge in [0.1, 0.15) is 11.5 Å². The van der Waals surface area contributed by atoms with Gasteiger partial charge >= 0.3 is 0 Å². The van der Waals surface area contributed by atoms with Crippen LogP contribution in [0.1, 0.15) is 12.5 Å². The Morgan fingerprint density at radius 2 is 2.00 bits per heavy atom. The average Bonchev–Trinajstić information content (AvgIpc) is 2.15. The van der Waals surface area contributed by atoms with Crippen molar-refractivity contribution in [3.8, 4) is 5.75 Å². The van der Waals surface area contributed by atoms with Crippen molar-refractivity contribution in [3.63, 3.8) is 0 Å². The lowest BCUT2D eigenvalue weighted by Gasteiger charge is -2.05. The largest absolute Gasteiger partial charge is 0.458 e. The van der Waals surface area contributed by atoms with Crippen molar-refractivity contribution in [2.75, 3.05) is 0 Å². The van der Waals surface area contributed by atoms with E-state index >= 15 is 0 Å². The fourth-order valence-corrected chi connectivity index (χ4v) is 1.10. The maximum atomic E-state index is 5.52. The summed E-state index contributed by atoms with van der Waals surface area (Å²) in [7, 11) is 0. The van der Waals surface area contributed by atoms with Crippen LogP contribution in [0.15, 0.2) is 60.9 Å². The minimum atomic E-state index is 0.614. The highest BCUT2D eigenvalue weighted by Gasteiger charge is 1.94. The molecular formula is C14H16O. The van der Waals surface area contributed by atoms with Crippen molar-refractivity contribution < 1.29 is 4.74 Å². The Labute approximate surface area is 91.4 Å². The van der Waals surface area contributed by atoms with E-state index in [0.717, 1.165) is 11.3 Å². The van der Waals surface area contributed by atoms with Crippen LogP contribution in [0.4, 0.5) is 0 Å². The van der Waals surface area contributed by atoms with Gasteiger partial charge in [-0.2, -0.15) is 0 Å². The Bertz CT molecular complexity index is 400. The first kappa shape index (κ1) is 11.3. The molecule has 0 atom stereocenters. The lowest BCUT2D eigenvalue weighted by molar-refractivity contribution is 0.446. The van der Waals surface area contributed by atoms with Gasteiger partial charge in [0.25, 0.3) is 0 Å². The molecule has 0 N–H and O–H groups in total. The van der Waals surface area contributed by atoms with Gasteiger partial charge in [0.15, 0.2) is 0 Å². The zero-order valence-electron chi connectivity index (χ0n) is 9.29. The van der Waals surface area contributed by atoms with Crippen LogP contribution < -0.4 is 4.74 Å². The molecule has 0 heterocycles. The summed E-state index contributed by atoms with van der Waals surface area (Å²) in [6, 6.07) is 7.87. The Morgan fingerprint density at radius 1 is 1.27 bits per heavy atom. The van der Waals surface area contributed by atoms with Gasteiger partial charge in [-0.05, 0) is 37.6 Å². The second-order valence-corrected chi connectivity index (χ2v) is 3.56. The van der Waals surface area contributed by atoms with Gasteiger partial charge in [-0.3, -0.25) is 0 Å². The highest BCUT2D eigenvalue weighted by molar-refractivity contribution is 5.30. The maximum absolute atomic E-state index is 5.52. The van der Waals surface area contributed by atoms with Gasteiger partial charge in [-0.25, -0.2) is 0 Å². The average molecular weight is 200 g/mol. The zero-order valence-corrected chi connectivity index (χ0v) is 9.29. The number of rotatable bonds is 4. The Morgan fingerprint density at radius 3 is 2.60 bits per heavy atom. The minimum Gasteiger partial charge on any atom is -0.458 e. The number of benzene rings is 1. The summed E-state index contributed by atoms with van der Waals surface area (Å²) in [5.74, 6) is 1.43. The molecule has 0 amide bonds. The molecule has 15 heavy (non-hydrogen) atoms. The third kappa shape index (κ3) is 4.32. The van der Waals surface area contributed by atoms with Gasteiger partial charge in [0.05, 0.1) is 0 Å². The second-order valence-electron chi connectivity index (χ2n) is 3.56. The first-order valence-electron chi connectivity index (χ1n) is 4.85. The molecule has 1 aromatic carbocycles. The second kappa shape index (κ2) is 5.20. The smallest absolute Gasteiger partial charge is 0.127 e. The van der Waals surface area contributed by atoms with E-state index in [9.17, 15) is 0 Å². The Balaban J connectivity index is 2.63. The highest BCUT2D eigenvalue weighted by Crippen LogP contribution is 2.15. The number of hydrogen-bond donors (Lipinski definition) is 0. The highest BCUT2D eigenvalue weighted by atomic mass is 16.5. The maximum Gasteiger partial charge on any atom is 0.127 e. The molecule has 0 aliphatic carbocycles. The van der Waals surface area contributed by atoms with Crippen molar-refractivity contribution in [2.45, 2.75) is 13.8 Å². The Kier molecular flexibility index (Phi) is 3.92. The fraction of sp³-hybridized carbons (Fsp3) is 0.143. The molecule has 0 aromatic heterocycles. The molecule has 0 saturated heterocycles. The molecule has 0 aliphatic rings. The molecule has 0 saturated carbocycles. The van der Waals surface area contributed by atoms with Gasteiger partial charge in [0, 0.05) is 0 Å². The van der Waals surface area contributed by atoms with Gasteiger partial charge in [-0.15, -0.1) is 0 Å². The van der Waals surface area contributed by atoms with Crippen LogP contribution >= 0.6 is 0 Å². The van der Waals surface area contributed by atoms with E-state index in [1.807, 2.05) is 50.3 Å². The van der Waals surface area contributed by atoms with Crippen LogP contribution in [0.25, 0.3) is 0 Å². The SMILES string of the molecule is C=C(C)/C=C\C(=C)Oc1cccc(C)c1. The fourth-order valence-electron chi connectivity index (χ4n) is 1.10. The van der Waals surface area contributed by atoms with E-state index in [-0.39, 0.29) is 0 Å². The predicted octanol–water partition coefficient (Wildman–Crippen LogP) is 4.02. The first-order chi connectivity index (χ1) is 7.08. The molecule has 0 aliphatic heterocycles. The van der Waals surface area contributed by atoms with E-state index in [2.05, 4.69) is 13.2 Å². The summed E-state index contributed by atoms with van der Waals surface area (Å²) in [5.41, 5.74) is 2.15. The van der Waals surface area contributed by atoms with Gasteiger partial charge in [0.2, 0.25) is 0 Å². The molecule has 78 valence electrons. The number of aryl methyl sites for hydroxylation is 1. The molecule has 1 aromatic rings. The van der Waals surface area contributed by atoms with Crippen LogP contribution in [-0.2, 0) is 0 Å². The molecule has 0 radical (unpaired) electrons. The Hall–Kier alpha value is -1.76. The third-order valence-electron chi connectivity index (χ3n) is 1.79. The van der Waals surface area contributed by atoms with Gasteiger partial charge in [-0.1, -0.05) is 36.9 Å². The molecule has 0 unspecified atom stereocenters. The normalized spacial score (nSPS) is 10.3. The van der Waals surface area contributed by atoms with E-state index < -0.39 is 0 Å². The van der Waals surface area contributed by atoms with E-state index in [4.69, 9.17) is 4.74 Å². The molecule has 1 nitrogen and oxygen atoms in total. The van der Waals surface area contributed by atoms with Crippen molar-refractivity contribution in [3.05, 3.63) is 66.5 Å². The van der Waals surface area contributed by atoms with Crippen LogP contribution in [0.2, 0.25) is 0 Å². The summed E-state index contributed by atoms with van der Waals surface area (Å²) in [6.07, 6.45) is 3.68. The molecule has 0 spiro atoms. The summed E-state index contributed by atoms with van der Waals surface area (Å²) in [6.45, 7) is 11.5. The molecular weight excluding hydrogens is 184 g/mol. The summed E-state index contributed by atoms with van der Waals surface area (Å²) < 4.78 is 5.52. The minimum absolute atomic E-state index is 0.614. The quantitative estimate of drug-likeness (QED) is 0.527. The molecule has 0 bridgehead atoms. The van der Waals surface area contributed by atoms with Crippen LogP contribution in [0.5, 0.6) is 5.75 Å². The zero-order chi connectivity index (χ0) is 11.3. The monoisotopic (exact) mass is 200 g/mol. The molecule has 1 heteroatoms. The lowest BCUT2D eigenvalue weighted by Crippen LogP contribution is -1.90. The van der Waals surface area contributed by atoms with E-state index in [1.54, 1.807) is 0 Å². The number of hydrogen-bond acceptors (Lipinski definition) is 1. The summed E-state index contributed by atoms with van der Waals surface area (Å²) in [5, 5.41) is 0. The van der Waals surface area contributed by atoms with Crippen molar-refractivity contribution >= 4 is 0 Å². The van der Waals surface area contributed by atoms with Gasteiger partial charge < -0.3 is 4.74 Å². The van der Waals surface area contributed by atoms with Crippen molar-refractivity contribution in [2.24, 2.45) is 0 Å². The predicted molar refractivity (Wildman–Crippen MR) is 64.9 cm³/mol.